The Morgan fingerprint density at radius 3 is 2.84 bits per heavy atom. The zero-order chi connectivity index (χ0) is 14.3. The SMILES string of the molecule is CCCNc1ncnc(N(C)CC(C)C#N)c1OC. The number of nitrogens with one attached hydrogen (secondary N) is 1. The molecule has 6 nitrogen and oxygen atoms in total. The van der Waals surface area contributed by atoms with Crippen molar-refractivity contribution in [2.45, 2.75) is 20.3 Å². The molecule has 0 bridgehead atoms. The normalized spacial score (nSPS) is 11.5. The molecule has 0 saturated carbocycles. The predicted octanol–water partition coefficient (Wildman–Crippen LogP) is 1.90. The predicted molar refractivity (Wildman–Crippen MR) is 75.4 cm³/mol. The summed E-state index contributed by atoms with van der Waals surface area (Å²) in [6, 6.07) is 2.21. The highest BCUT2D eigenvalue weighted by molar-refractivity contribution is 5.64. The third kappa shape index (κ3) is 3.98. The molecule has 0 aromatic carbocycles. The number of aromatic nitrogens is 2. The van der Waals surface area contributed by atoms with Crippen LogP contribution in [0.2, 0.25) is 0 Å². The number of nitriles is 1. The molecule has 104 valence electrons. The summed E-state index contributed by atoms with van der Waals surface area (Å²) in [5, 5.41) is 12.1. The number of hydrogen-bond donors (Lipinski definition) is 1. The van der Waals surface area contributed by atoms with Gasteiger partial charge in [-0.25, -0.2) is 9.97 Å². The summed E-state index contributed by atoms with van der Waals surface area (Å²) in [5.74, 6) is 1.92. The standard InChI is InChI=1S/C13H21N5O/c1-5-6-15-12-11(19-4)13(17-9-16-12)18(3)8-10(2)7-14/h9-10H,5-6,8H2,1-4H3,(H,15,16,17). The van der Waals surface area contributed by atoms with Gasteiger partial charge in [-0.2, -0.15) is 5.26 Å². The second-order valence-corrected chi connectivity index (χ2v) is 4.42. The van der Waals surface area contributed by atoms with Crippen molar-refractivity contribution in [3.05, 3.63) is 6.33 Å². The van der Waals surface area contributed by atoms with Gasteiger partial charge in [0.2, 0.25) is 5.75 Å². The van der Waals surface area contributed by atoms with E-state index in [0.29, 0.717) is 23.9 Å². The van der Waals surface area contributed by atoms with Crippen LogP contribution in [-0.2, 0) is 0 Å². The van der Waals surface area contributed by atoms with Crippen LogP contribution in [0.25, 0.3) is 0 Å². The van der Waals surface area contributed by atoms with Gasteiger partial charge in [-0.15, -0.1) is 0 Å². The van der Waals surface area contributed by atoms with Crippen molar-refractivity contribution in [2.24, 2.45) is 5.92 Å². The van der Waals surface area contributed by atoms with Gasteiger partial charge < -0.3 is 15.0 Å². The van der Waals surface area contributed by atoms with Gasteiger partial charge in [0.25, 0.3) is 0 Å². The van der Waals surface area contributed by atoms with Gasteiger partial charge >= 0.3 is 0 Å². The van der Waals surface area contributed by atoms with E-state index < -0.39 is 0 Å². The van der Waals surface area contributed by atoms with Crippen LogP contribution in [0.4, 0.5) is 11.6 Å². The average molecular weight is 263 g/mol. The lowest BCUT2D eigenvalue weighted by molar-refractivity contribution is 0.412. The molecule has 0 aliphatic carbocycles. The van der Waals surface area contributed by atoms with E-state index in [9.17, 15) is 0 Å². The fourth-order valence-corrected chi connectivity index (χ4v) is 1.73. The van der Waals surface area contributed by atoms with E-state index in [1.165, 1.54) is 6.33 Å². The highest BCUT2D eigenvalue weighted by Crippen LogP contribution is 2.31. The van der Waals surface area contributed by atoms with Crippen molar-refractivity contribution in [2.75, 3.05) is 37.5 Å². The summed E-state index contributed by atoms with van der Waals surface area (Å²) in [4.78, 5) is 10.3. The molecule has 1 N–H and O–H groups in total. The first-order valence-corrected chi connectivity index (χ1v) is 6.37. The zero-order valence-corrected chi connectivity index (χ0v) is 12.0. The van der Waals surface area contributed by atoms with E-state index in [1.807, 2.05) is 18.9 Å². The Bertz CT molecular complexity index is 443. The molecule has 0 aliphatic heterocycles. The average Bonchev–Trinajstić information content (AvgIpc) is 2.44. The number of nitrogens with zero attached hydrogens (tertiary/aromatic N) is 4. The Hall–Kier alpha value is -2.03. The van der Waals surface area contributed by atoms with Crippen LogP contribution in [0.3, 0.4) is 0 Å². The van der Waals surface area contributed by atoms with Crippen LogP contribution in [0.15, 0.2) is 6.33 Å². The van der Waals surface area contributed by atoms with E-state index in [2.05, 4.69) is 28.3 Å². The Morgan fingerprint density at radius 2 is 2.26 bits per heavy atom. The highest BCUT2D eigenvalue weighted by atomic mass is 16.5. The zero-order valence-electron chi connectivity index (χ0n) is 12.0. The molecule has 0 spiro atoms. The fraction of sp³-hybridized carbons (Fsp3) is 0.615. The van der Waals surface area contributed by atoms with Gasteiger partial charge in [0.05, 0.1) is 19.1 Å². The summed E-state index contributed by atoms with van der Waals surface area (Å²) in [6.07, 6.45) is 2.51. The van der Waals surface area contributed by atoms with Crippen molar-refractivity contribution in [1.82, 2.24) is 9.97 Å². The molecule has 6 heteroatoms. The van der Waals surface area contributed by atoms with Crippen LogP contribution in [0, 0.1) is 17.2 Å². The molecule has 0 amide bonds. The van der Waals surface area contributed by atoms with E-state index in [0.717, 1.165) is 13.0 Å². The Kier molecular flexibility index (Phi) is 5.86. The minimum absolute atomic E-state index is 0.0725. The molecule has 1 aromatic heterocycles. The molecule has 1 heterocycles. The second-order valence-electron chi connectivity index (χ2n) is 4.42. The molecule has 1 unspecified atom stereocenters. The minimum Gasteiger partial charge on any atom is -0.490 e. The van der Waals surface area contributed by atoms with Crippen molar-refractivity contribution in [3.63, 3.8) is 0 Å². The summed E-state index contributed by atoms with van der Waals surface area (Å²) >= 11 is 0. The molecule has 0 radical (unpaired) electrons. The molecular formula is C13H21N5O. The number of methoxy groups -OCH3 is 1. The van der Waals surface area contributed by atoms with Crippen LogP contribution >= 0.6 is 0 Å². The van der Waals surface area contributed by atoms with Crippen molar-refractivity contribution >= 4 is 11.6 Å². The summed E-state index contributed by atoms with van der Waals surface area (Å²) in [6.45, 7) is 5.38. The molecule has 1 atom stereocenters. The number of rotatable bonds is 7. The first kappa shape index (κ1) is 15.0. The van der Waals surface area contributed by atoms with E-state index in [-0.39, 0.29) is 5.92 Å². The van der Waals surface area contributed by atoms with Gasteiger partial charge in [0, 0.05) is 20.1 Å². The topological polar surface area (TPSA) is 74.1 Å². The molecular weight excluding hydrogens is 242 g/mol. The summed E-state index contributed by atoms with van der Waals surface area (Å²) in [7, 11) is 3.49. The van der Waals surface area contributed by atoms with Gasteiger partial charge in [-0.1, -0.05) is 6.92 Å². The van der Waals surface area contributed by atoms with Crippen molar-refractivity contribution in [3.8, 4) is 11.8 Å². The monoisotopic (exact) mass is 263 g/mol. The maximum atomic E-state index is 8.87. The van der Waals surface area contributed by atoms with Crippen LogP contribution in [0.5, 0.6) is 5.75 Å². The smallest absolute Gasteiger partial charge is 0.204 e. The number of ether oxygens (including phenoxy) is 1. The first-order valence-electron chi connectivity index (χ1n) is 6.37. The van der Waals surface area contributed by atoms with E-state index >= 15 is 0 Å². The maximum Gasteiger partial charge on any atom is 0.204 e. The van der Waals surface area contributed by atoms with Gasteiger partial charge in [-0.3, -0.25) is 0 Å². The van der Waals surface area contributed by atoms with E-state index in [4.69, 9.17) is 10.00 Å². The van der Waals surface area contributed by atoms with Crippen LogP contribution in [0.1, 0.15) is 20.3 Å². The molecule has 1 aromatic rings. The molecule has 0 aliphatic rings. The fourth-order valence-electron chi connectivity index (χ4n) is 1.73. The summed E-state index contributed by atoms with van der Waals surface area (Å²) in [5.41, 5.74) is 0. The molecule has 1 rings (SSSR count). The largest absolute Gasteiger partial charge is 0.490 e. The maximum absolute atomic E-state index is 8.87. The third-order valence-corrected chi connectivity index (χ3v) is 2.66. The van der Waals surface area contributed by atoms with Crippen molar-refractivity contribution < 1.29 is 4.74 Å². The number of hydrogen-bond acceptors (Lipinski definition) is 6. The molecule has 19 heavy (non-hydrogen) atoms. The quantitative estimate of drug-likeness (QED) is 0.810. The second kappa shape index (κ2) is 7.41. The van der Waals surface area contributed by atoms with Gasteiger partial charge in [0.1, 0.15) is 6.33 Å². The highest BCUT2D eigenvalue weighted by Gasteiger charge is 2.16. The number of anilines is 2. The lowest BCUT2D eigenvalue weighted by Gasteiger charge is -2.22. The van der Waals surface area contributed by atoms with Crippen LogP contribution < -0.4 is 15.0 Å². The Morgan fingerprint density at radius 1 is 1.53 bits per heavy atom. The molecule has 0 saturated heterocycles. The lowest BCUT2D eigenvalue weighted by Crippen LogP contribution is -2.25. The molecule has 0 fully saturated rings. The van der Waals surface area contributed by atoms with Gasteiger partial charge in [0.15, 0.2) is 11.6 Å². The van der Waals surface area contributed by atoms with Crippen LogP contribution in [-0.4, -0.2) is 37.2 Å². The first-order chi connectivity index (χ1) is 9.13. The van der Waals surface area contributed by atoms with E-state index in [1.54, 1.807) is 7.11 Å². The Labute approximate surface area is 114 Å². The Balaban J connectivity index is 2.96. The van der Waals surface area contributed by atoms with Crippen molar-refractivity contribution in [1.29, 1.82) is 5.26 Å². The lowest BCUT2D eigenvalue weighted by atomic mass is 10.2. The third-order valence-electron chi connectivity index (χ3n) is 2.66. The minimum atomic E-state index is -0.0725. The summed E-state index contributed by atoms with van der Waals surface area (Å²) < 4.78 is 5.40. The van der Waals surface area contributed by atoms with Gasteiger partial charge in [-0.05, 0) is 13.3 Å².